The third-order valence-electron chi connectivity index (χ3n) is 4.47. The quantitative estimate of drug-likeness (QED) is 0.793. The number of hydrogen-bond acceptors (Lipinski definition) is 6. The van der Waals surface area contributed by atoms with Crippen molar-refractivity contribution in [1.82, 2.24) is 15.7 Å². The number of ether oxygens (including phenoxy) is 1. The lowest BCUT2D eigenvalue weighted by Gasteiger charge is -2.35. The van der Waals surface area contributed by atoms with Gasteiger partial charge in [-0.2, -0.15) is 0 Å². The number of nitrogens with one attached hydrogen (secondary N) is 2. The van der Waals surface area contributed by atoms with Crippen molar-refractivity contribution in [2.24, 2.45) is 4.99 Å². The van der Waals surface area contributed by atoms with Gasteiger partial charge in [-0.25, -0.2) is 15.3 Å². The predicted octanol–water partition coefficient (Wildman–Crippen LogP) is 2.18. The summed E-state index contributed by atoms with van der Waals surface area (Å²) in [5.41, 5.74) is 2.65. The van der Waals surface area contributed by atoms with E-state index in [0.29, 0.717) is 43.9 Å². The van der Waals surface area contributed by atoms with Crippen LogP contribution in [0.3, 0.4) is 0 Å². The largest absolute Gasteiger partial charge is 0.573 e. The Morgan fingerprint density at radius 3 is 2.54 bits per heavy atom. The lowest BCUT2D eigenvalue weighted by Crippen LogP contribution is -2.48. The van der Waals surface area contributed by atoms with Gasteiger partial charge in [0, 0.05) is 37.5 Å². The van der Waals surface area contributed by atoms with Crippen LogP contribution in [0.15, 0.2) is 29.3 Å². The third kappa shape index (κ3) is 5.35. The zero-order chi connectivity index (χ0) is 20.4. The summed E-state index contributed by atoms with van der Waals surface area (Å²) in [6.07, 6.45) is -3.51. The second kappa shape index (κ2) is 7.96. The molecule has 28 heavy (non-hydrogen) atoms. The van der Waals surface area contributed by atoms with Crippen LogP contribution in [-0.4, -0.2) is 54.4 Å². The second-order valence-corrected chi connectivity index (χ2v) is 7.18. The van der Waals surface area contributed by atoms with Crippen LogP contribution in [0.1, 0.15) is 32.3 Å². The molecule has 0 aromatic heterocycles. The van der Waals surface area contributed by atoms with Crippen LogP contribution in [-0.2, 0) is 9.63 Å². The van der Waals surface area contributed by atoms with Crippen LogP contribution in [0.4, 0.5) is 13.2 Å². The number of hydrogen-bond donors (Lipinski definition) is 2. The van der Waals surface area contributed by atoms with E-state index in [4.69, 9.17) is 4.84 Å². The number of amides is 1. The first-order valence-electron chi connectivity index (χ1n) is 9.06. The van der Waals surface area contributed by atoms with Crippen LogP contribution < -0.4 is 15.5 Å². The van der Waals surface area contributed by atoms with Gasteiger partial charge < -0.3 is 10.1 Å². The molecule has 2 aliphatic heterocycles. The first-order valence-corrected chi connectivity index (χ1v) is 9.06. The number of halogens is 3. The number of likely N-dealkylation sites (tertiary alicyclic amines) is 1. The molecule has 1 aromatic carbocycles. The number of benzene rings is 1. The van der Waals surface area contributed by atoms with Crippen LogP contribution in [0.5, 0.6) is 5.75 Å². The first kappa shape index (κ1) is 20.4. The number of rotatable bonds is 5. The fraction of sp³-hybridized carbons (Fsp3) is 0.556. The number of nitrogens with zero attached hydrogens (tertiary/aromatic N) is 2. The summed E-state index contributed by atoms with van der Waals surface area (Å²) in [6.45, 7) is 5.47. The summed E-state index contributed by atoms with van der Waals surface area (Å²) in [6, 6.07) is 5.54. The molecule has 1 spiro atoms. The van der Waals surface area contributed by atoms with Crippen LogP contribution >= 0.6 is 0 Å². The van der Waals surface area contributed by atoms with Gasteiger partial charge in [0.15, 0.2) is 11.6 Å². The van der Waals surface area contributed by atoms with Crippen LogP contribution in [0.2, 0.25) is 0 Å². The molecule has 0 atom stereocenters. The Hall–Kier alpha value is -2.33. The van der Waals surface area contributed by atoms with Crippen LogP contribution in [0, 0.1) is 0 Å². The molecule has 0 bridgehead atoms. The summed E-state index contributed by atoms with van der Waals surface area (Å²) in [7, 11) is 0. The molecular weight excluding hydrogens is 377 g/mol. The van der Waals surface area contributed by atoms with E-state index >= 15 is 0 Å². The highest BCUT2D eigenvalue weighted by molar-refractivity contribution is 5.99. The molecule has 1 saturated heterocycles. The first-order chi connectivity index (χ1) is 13.1. The Bertz CT molecular complexity index is 727. The maximum atomic E-state index is 12.2. The van der Waals surface area contributed by atoms with Gasteiger partial charge in [0.25, 0.3) is 0 Å². The van der Waals surface area contributed by atoms with Crippen molar-refractivity contribution in [3.05, 3.63) is 29.8 Å². The maximum absolute atomic E-state index is 12.2. The van der Waals surface area contributed by atoms with Gasteiger partial charge in [0.05, 0.1) is 6.54 Å². The SMILES string of the molecule is CC(C)NC(=O)CN1CCC2(CC1)N=C(c1ccc(OC(F)(F)F)cc1)NO2. The van der Waals surface area contributed by atoms with E-state index in [9.17, 15) is 18.0 Å². The summed E-state index contributed by atoms with van der Waals surface area (Å²) < 4.78 is 40.6. The molecule has 2 aliphatic rings. The minimum absolute atomic E-state index is 0.0122. The average molecular weight is 400 g/mol. The Morgan fingerprint density at radius 2 is 1.96 bits per heavy atom. The van der Waals surface area contributed by atoms with Crippen molar-refractivity contribution < 1.29 is 27.5 Å². The Morgan fingerprint density at radius 1 is 1.32 bits per heavy atom. The smallest absolute Gasteiger partial charge is 0.406 e. The summed E-state index contributed by atoms with van der Waals surface area (Å²) in [4.78, 5) is 24.2. The van der Waals surface area contributed by atoms with Crippen molar-refractivity contribution >= 4 is 11.7 Å². The molecule has 0 radical (unpaired) electrons. The fourth-order valence-corrected chi connectivity index (χ4v) is 3.18. The molecule has 3 rings (SSSR count). The lowest BCUT2D eigenvalue weighted by molar-refractivity contribution is -0.274. The normalized spacial score (nSPS) is 19.4. The zero-order valence-corrected chi connectivity index (χ0v) is 15.7. The highest BCUT2D eigenvalue weighted by Gasteiger charge is 2.40. The number of carbonyl (C=O) groups excluding carboxylic acids is 1. The van der Waals surface area contributed by atoms with Gasteiger partial charge in [-0.15, -0.1) is 13.2 Å². The van der Waals surface area contributed by atoms with Gasteiger partial charge in [-0.05, 0) is 38.1 Å². The summed E-state index contributed by atoms with van der Waals surface area (Å²) >= 11 is 0. The Labute approximate surface area is 160 Å². The number of piperidine rings is 1. The molecular formula is C18H23F3N4O3. The van der Waals surface area contributed by atoms with E-state index in [1.165, 1.54) is 24.3 Å². The van der Waals surface area contributed by atoms with Gasteiger partial charge in [0.2, 0.25) is 5.91 Å². The molecule has 2 N–H and O–H groups in total. The number of amidine groups is 1. The van der Waals surface area contributed by atoms with Gasteiger partial charge in [0.1, 0.15) is 5.75 Å². The third-order valence-corrected chi connectivity index (χ3v) is 4.47. The van der Waals surface area contributed by atoms with Gasteiger partial charge in [-0.1, -0.05) is 0 Å². The lowest BCUT2D eigenvalue weighted by atomic mass is 10.0. The number of hydroxylamine groups is 1. The molecule has 154 valence electrons. The monoisotopic (exact) mass is 400 g/mol. The highest BCUT2D eigenvalue weighted by atomic mass is 19.4. The van der Waals surface area contributed by atoms with E-state index < -0.39 is 12.1 Å². The average Bonchev–Trinajstić information content (AvgIpc) is 3.00. The fourth-order valence-electron chi connectivity index (χ4n) is 3.18. The topological polar surface area (TPSA) is 75.2 Å². The van der Waals surface area contributed by atoms with E-state index in [-0.39, 0.29) is 17.7 Å². The molecule has 10 heteroatoms. The van der Waals surface area contributed by atoms with Crippen LogP contribution in [0.25, 0.3) is 0 Å². The van der Waals surface area contributed by atoms with E-state index in [1.54, 1.807) is 0 Å². The molecule has 1 aromatic rings. The number of alkyl halides is 3. The highest BCUT2D eigenvalue weighted by Crippen LogP contribution is 2.31. The summed E-state index contributed by atoms with van der Waals surface area (Å²) in [5.74, 6) is 0.157. The van der Waals surface area contributed by atoms with E-state index in [2.05, 4.69) is 20.5 Å². The van der Waals surface area contributed by atoms with Crippen molar-refractivity contribution in [3.8, 4) is 5.75 Å². The van der Waals surface area contributed by atoms with Gasteiger partial charge >= 0.3 is 6.36 Å². The Balaban J connectivity index is 1.57. The number of carbonyl (C=O) groups is 1. The minimum Gasteiger partial charge on any atom is -0.406 e. The van der Waals surface area contributed by atoms with Crippen molar-refractivity contribution in [3.63, 3.8) is 0 Å². The molecule has 1 amide bonds. The minimum atomic E-state index is -4.72. The molecule has 7 nitrogen and oxygen atoms in total. The molecule has 1 fully saturated rings. The molecule has 0 aliphatic carbocycles. The maximum Gasteiger partial charge on any atom is 0.573 e. The zero-order valence-electron chi connectivity index (χ0n) is 15.7. The van der Waals surface area contributed by atoms with E-state index in [1.807, 2.05) is 18.7 Å². The molecule has 0 saturated carbocycles. The Kier molecular flexibility index (Phi) is 5.80. The molecule has 0 unspecified atom stereocenters. The van der Waals surface area contributed by atoms with Crippen molar-refractivity contribution in [2.45, 2.75) is 44.8 Å². The molecule has 2 heterocycles. The van der Waals surface area contributed by atoms with E-state index in [0.717, 1.165) is 0 Å². The van der Waals surface area contributed by atoms with Gasteiger partial charge in [-0.3, -0.25) is 9.69 Å². The predicted molar refractivity (Wildman–Crippen MR) is 95.6 cm³/mol. The van der Waals surface area contributed by atoms with Crippen molar-refractivity contribution in [2.75, 3.05) is 19.6 Å². The van der Waals surface area contributed by atoms with Crippen molar-refractivity contribution in [1.29, 1.82) is 0 Å². The summed E-state index contributed by atoms with van der Waals surface area (Å²) in [5, 5.41) is 2.87. The second-order valence-electron chi connectivity index (χ2n) is 7.18. The number of aliphatic imine (C=N–C) groups is 1. The standard InChI is InChI=1S/C18H23F3N4O3/c1-12(2)22-15(26)11-25-9-7-17(8-10-25)23-16(24-28-17)13-3-5-14(6-4-13)27-18(19,20)21/h3-6,12H,7-11H2,1-2H3,(H,22,26)(H,23,24).